The van der Waals surface area contributed by atoms with Gasteiger partial charge < -0.3 is 15.3 Å². The smallest absolute Gasteiger partial charge is 0.324 e. The zero-order chi connectivity index (χ0) is 14.8. The van der Waals surface area contributed by atoms with Gasteiger partial charge in [0.25, 0.3) is 0 Å². The lowest BCUT2D eigenvalue weighted by Crippen LogP contribution is -2.47. The van der Waals surface area contributed by atoms with E-state index in [9.17, 15) is 27.2 Å². The first kappa shape index (κ1) is 15.5. The average Bonchev–Trinajstić information content (AvgIpc) is 2.70. The SMILES string of the molecule is CC1(C(=O)O)CCN(C(=O)NCC(F)(F)C(F)F)C1. The van der Waals surface area contributed by atoms with Crippen molar-refractivity contribution >= 4 is 12.0 Å². The van der Waals surface area contributed by atoms with Crippen LogP contribution >= 0.6 is 0 Å². The summed E-state index contributed by atoms with van der Waals surface area (Å²) in [5.74, 6) is -5.40. The molecule has 0 radical (unpaired) electrons. The van der Waals surface area contributed by atoms with E-state index in [0.29, 0.717) is 0 Å². The number of carbonyl (C=O) groups is 2. The summed E-state index contributed by atoms with van der Waals surface area (Å²) in [5, 5.41) is 10.6. The molecule has 9 heteroatoms. The Labute approximate surface area is 106 Å². The fraction of sp³-hybridized carbons (Fsp3) is 0.800. The van der Waals surface area contributed by atoms with Crippen LogP contribution in [0.5, 0.6) is 0 Å². The van der Waals surface area contributed by atoms with E-state index in [2.05, 4.69) is 0 Å². The van der Waals surface area contributed by atoms with Crippen LogP contribution in [-0.2, 0) is 4.79 Å². The number of likely N-dealkylation sites (tertiary alicyclic amines) is 1. The predicted molar refractivity (Wildman–Crippen MR) is 56.3 cm³/mol. The fourth-order valence-electron chi connectivity index (χ4n) is 1.69. The van der Waals surface area contributed by atoms with Gasteiger partial charge in [0.15, 0.2) is 0 Å². The standard InChI is InChI=1S/C10H14F4N2O3/c1-9(7(17)18)2-3-16(5-9)8(19)15-4-10(13,14)6(11)12/h6H,2-5H2,1H3,(H,15,19)(H,17,18). The minimum atomic E-state index is -4.30. The number of carboxylic acids is 1. The number of hydrogen-bond donors (Lipinski definition) is 2. The quantitative estimate of drug-likeness (QED) is 0.767. The maximum absolute atomic E-state index is 12.6. The molecule has 1 aliphatic rings. The average molecular weight is 286 g/mol. The van der Waals surface area contributed by atoms with Crippen molar-refractivity contribution in [2.45, 2.75) is 25.7 Å². The molecule has 1 heterocycles. The van der Waals surface area contributed by atoms with E-state index < -0.39 is 36.3 Å². The van der Waals surface area contributed by atoms with Gasteiger partial charge in [0.2, 0.25) is 0 Å². The van der Waals surface area contributed by atoms with E-state index in [1.807, 2.05) is 0 Å². The molecule has 110 valence electrons. The first-order chi connectivity index (χ1) is 8.58. The van der Waals surface area contributed by atoms with Crippen molar-refractivity contribution in [1.29, 1.82) is 0 Å². The molecule has 1 unspecified atom stereocenters. The number of hydrogen-bond acceptors (Lipinski definition) is 2. The molecule has 2 amide bonds. The molecule has 1 aliphatic heterocycles. The van der Waals surface area contributed by atoms with Crippen LogP contribution in [0.25, 0.3) is 0 Å². The number of nitrogens with one attached hydrogen (secondary N) is 1. The Balaban J connectivity index is 2.51. The normalized spacial score (nSPS) is 23.8. The second kappa shape index (κ2) is 5.22. The van der Waals surface area contributed by atoms with E-state index in [-0.39, 0.29) is 19.5 Å². The van der Waals surface area contributed by atoms with Gasteiger partial charge in [-0.25, -0.2) is 13.6 Å². The van der Waals surface area contributed by atoms with Crippen molar-refractivity contribution in [3.63, 3.8) is 0 Å². The number of nitrogens with zero attached hydrogens (tertiary/aromatic N) is 1. The molecule has 1 fully saturated rings. The number of rotatable bonds is 4. The molecule has 1 saturated heterocycles. The highest BCUT2D eigenvalue weighted by Gasteiger charge is 2.44. The summed E-state index contributed by atoms with van der Waals surface area (Å²) in [6.07, 6.45) is -3.68. The van der Waals surface area contributed by atoms with Gasteiger partial charge >= 0.3 is 24.3 Å². The molecule has 2 N–H and O–H groups in total. The number of urea groups is 1. The van der Waals surface area contributed by atoms with Crippen LogP contribution in [0.15, 0.2) is 0 Å². The molecule has 0 aromatic rings. The molecule has 0 aromatic heterocycles. The third kappa shape index (κ3) is 3.48. The van der Waals surface area contributed by atoms with Crippen LogP contribution in [0.2, 0.25) is 0 Å². The summed E-state index contributed by atoms with van der Waals surface area (Å²) in [4.78, 5) is 23.4. The lowest BCUT2D eigenvalue weighted by Gasteiger charge is -2.22. The number of carboxylic acid groups (broad SMARTS) is 1. The van der Waals surface area contributed by atoms with Crippen LogP contribution < -0.4 is 5.32 Å². The highest BCUT2D eigenvalue weighted by molar-refractivity contribution is 5.79. The summed E-state index contributed by atoms with van der Waals surface area (Å²) in [5.41, 5.74) is -1.14. The van der Waals surface area contributed by atoms with Crippen molar-refractivity contribution in [2.75, 3.05) is 19.6 Å². The van der Waals surface area contributed by atoms with Crippen LogP contribution in [0, 0.1) is 5.41 Å². The number of carbonyl (C=O) groups excluding carboxylic acids is 1. The number of aliphatic carboxylic acids is 1. The Kier molecular flexibility index (Phi) is 4.26. The highest BCUT2D eigenvalue weighted by atomic mass is 19.3. The molecule has 0 spiro atoms. The largest absolute Gasteiger partial charge is 0.481 e. The Bertz CT molecular complexity index is 378. The summed E-state index contributed by atoms with van der Waals surface area (Å²) in [6.45, 7) is -0.122. The summed E-state index contributed by atoms with van der Waals surface area (Å²) >= 11 is 0. The van der Waals surface area contributed by atoms with E-state index in [0.717, 1.165) is 4.90 Å². The third-order valence-corrected chi connectivity index (χ3v) is 3.07. The first-order valence-corrected chi connectivity index (χ1v) is 5.51. The minimum Gasteiger partial charge on any atom is -0.481 e. The van der Waals surface area contributed by atoms with Gasteiger partial charge in [-0.1, -0.05) is 0 Å². The lowest BCUT2D eigenvalue weighted by atomic mass is 9.90. The summed E-state index contributed by atoms with van der Waals surface area (Å²) in [6, 6.07) is -0.967. The van der Waals surface area contributed by atoms with Crippen LogP contribution in [0.4, 0.5) is 22.4 Å². The Morgan fingerprint density at radius 1 is 1.47 bits per heavy atom. The molecule has 0 aliphatic carbocycles. The van der Waals surface area contributed by atoms with Crippen molar-refractivity contribution < 1.29 is 32.3 Å². The van der Waals surface area contributed by atoms with Gasteiger partial charge in [0.1, 0.15) is 0 Å². The number of halogens is 4. The number of alkyl halides is 4. The Morgan fingerprint density at radius 3 is 2.47 bits per heavy atom. The molecule has 0 aromatic carbocycles. The maximum atomic E-state index is 12.6. The summed E-state index contributed by atoms with van der Waals surface area (Å²) < 4.78 is 48.9. The molecule has 0 bridgehead atoms. The van der Waals surface area contributed by atoms with Crippen molar-refractivity contribution in [3.8, 4) is 0 Å². The van der Waals surface area contributed by atoms with Crippen LogP contribution in [-0.4, -0.2) is 54.0 Å². The van der Waals surface area contributed by atoms with Gasteiger partial charge in [-0.15, -0.1) is 0 Å². The molecule has 0 saturated carbocycles. The topological polar surface area (TPSA) is 69.6 Å². The van der Waals surface area contributed by atoms with Gasteiger partial charge in [-0.2, -0.15) is 8.78 Å². The van der Waals surface area contributed by atoms with E-state index >= 15 is 0 Å². The zero-order valence-electron chi connectivity index (χ0n) is 10.1. The van der Waals surface area contributed by atoms with Crippen molar-refractivity contribution in [1.82, 2.24) is 10.2 Å². The minimum absolute atomic E-state index is 0.0783. The van der Waals surface area contributed by atoms with Crippen LogP contribution in [0.1, 0.15) is 13.3 Å². The molecule has 1 atom stereocenters. The lowest BCUT2D eigenvalue weighted by molar-refractivity contribution is -0.147. The van der Waals surface area contributed by atoms with Gasteiger partial charge in [-0.05, 0) is 13.3 Å². The monoisotopic (exact) mass is 286 g/mol. The maximum Gasteiger partial charge on any atom is 0.324 e. The van der Waals surface area contributed by atoms with E-state index in [1.54, 1.807) is 5.32 Å². The Hall–Kier alpha value is -1.54. The fourth-order valence-corrected chi connectivity index (χ4v) is 1.69. The predicted octanol–water partition coefficient (Wildman–Crippen LogP) is 1.39. The van der Waals surface area contributed by atoms with Gasteiger partial charge in [-0.3, -0.25) is 4.79 Å². The third-order valence-electron chi connectivity index (χ3n) is 3.07. The van der Waals surface area contributed by atoms with E-state index in [1.165, 1.54) is 6.92 Å². The first-order valence-electron chi connectivity index (χ1n) is 5.51. The molecule has 5 nitrogen and oxygen atoms in total. The zero-order valence-corrected chi connectivity index (χ0v) is 10.1. The summed E-state index contributed by atoms with van der Waals surface area (Å²) in [7, 11) is 0. The Morgan fingerprint density at radius 2 is 2.05 bits per heavy atom. The van der Waals surface area contributed by atoms with Gasteiger partial charge in [0.05, 0.1) is 12.0 Å². The second-order valence-electron chi connectivity index (χ2n) is 4.76. The molecular formula is C10H14F4N2O3. The molecular weight excluding hydrogens is 272 g/mol. The highest BCUT2D eigenvalue weighted by Crippen LogP contribution is 2.30. The van der Waals surface area contributed by atoms with Crippen molar-refractivity contribution in [2.24, 2.45) is 5.41 Å². The number of amides is 2. The second-order valence-corrected chi connectivity index (χ2v) is 4.76. The molecule has 1 rings (SSSR count). The van der Waals surface area contributed by atoms with Gasteiger partial charge in [0, 0.05) is 13.1 Å². The van der Waals surface area contributed by atoms with Crippen molar-refractivity contribution in [3.05, 3.63) is 0 Å². The molecule has 19 heavy (non-hydrogen) atoms. The van der Waals surface area contributed by atoms with E-state index in [4.69, 9.17) is 5.11 Å². The van der Waals surface area contributed by atoms with Crippen LogP contribution in [0.3, 0.4) is 0 Å².